The quantitative estimate of drug-likeness (QED) is 0.370. The first-order valence-corrected chi connectivity index (χ1v) is 14.9. The lowest BCUT2D eigenvalue weighted by Gasteiger charge is -2.33. The number of hydrogen-bond donors (Lipinski definition) is 2. The third kappa shape index (κ3) is 3.85. The van der Waals surface area contributed by atoms with Crippen molar-refractivity contribution in [3.8, 4) is 11.3 Å². The largest absolute Gasteiger partial charge is 0.383 e. The SMILES string of the molecule is CCCc1ccc(S(=O)(=O)N2CC3CC2CN3c2nc(N)c3c(-c4cc(C5CC5)[nH]n4)cccc3n2)cc1. The lowest BCUT2D eigenvalue weighted by molar-refractivity contribution is 0.367. The summed E-state index contributed by atoms with van der Waals surface area (Å²) in [6.45, 7) is 3.08. The number of rotatable bonds is 7. The highest BCUT2D eigenvalue weighted by atomic mass is 32.2. The van der Waals surface area contributed by atoms with Gasteiger partial charge in [-0.15, -0.1) is 0 Å². The van der Waals surface area contributed by atoms with Crippen molar-refractivity contribution in [2.75, 3.05) is 23.7 Å². The number of aryl methyl sites for hydroxylation is 1. The minimum absolute atomic E-state index is 0.0154. The number of nitrogen functional groups attached to an aromatic ring is 1. The van der Waals surface area contributed by atoms with E-state index in [4.69, 9.17) is 15.7 Å². The monoisotopic (exact) mass is 529 g/mol. The van der Waals surface area contributed by atoms with Crippen molar-refractivity contribution >= 4 is 32.7 Å². The minimum Gasteiger partial charge on any atom is -0.383 e. The molecule has 4 aromatic rings. The first kappa shape index (κ1) is 23.6. The summed E-state index contributed by atoms with van der Waals surface area (Å²) in [5.74, 6) is 1.55. The van der Waals surface area contributed by atoms with Gasteiger partial charge < -0.3 is 10.6 Å². The molecular formula is C28H31N7O2S. The number of sulfonamides is 1. The second-order valence-electron chi connectivity index (χ2n) is 10.8. The highest BCUT2D eigenvalue weighted by molar-refractivity contribution is 7.89. The predicted octanol–water partition coefficient (Wildman–Crippen LogP) is 4.08. The van der Waals surface area contributed by atoms with Crippen LogP contribution in [0.3, 0.4) is 0 Å². The molecule has 38 heavy (non-hydrogen) atoms. The number of benzene rings is 2. The van der Waals surface area contributed by atoms with E-state index in [1.807, 2.05) is 30.3 Å². The summed E-state index contributed by atoms with van der Waals surface area (Å²) in [6, 6.07) is 15.2. The highest BCUT2D eigenvalue weighted by Crippen LogP contribution is 2.41. The Hall–Kier alpha value is -3.50. The average molecular weight is 530 g/mol. The summed E-state index contributed by atoms with van der Waals surface area (Å²) < 4.78 is 28.5. The molecule has 196 valence electrons. The van der Waals surface area contributed by atoms with Crippen LogP contribution in [0.2, 0.25) is 0 Å². The topological polar surface area (TPSA) is 121 Å². The summed E-state index contributed by atoms with van der Waals surface area (Å²) in [6.07, 6.45) is 5.14. The fraction of sp³-hybridized carbons (Fsp3) is 0.393. The Labute approximate surface area is 222 Å². The van der Waals surface area contributed by atoms with Crippen LogP contribution < -0.4 is 10.6 Å². The van der Waals surface area contributed by atoms with E-state index in [0.717, 1.165) is 52.7 Å². The number of piperazine rings is 1. The third-order valence-electron chi connectivity index (χ3n) is 8.15. The molecule has 0 amide bonds. The minimum atomic E-state index is -3.55. The van der Waals surface area contributed by atoms with Gasteiger partial charge in [-0.25, -0.2) is 13.4 Å². The van der Waals surface area contributed by atoms with Gasteiger partial charge in [0.25, 0.3) is 0 Å². The van der Waals surface area contributed by atoms with Gasteiger partial charge in [0.1, 0.15) is 5.82 Å². The molecule has 2 unspecified atom stereocenters. The molecule has 2 aliphatic heterocycles. The van der Waals surface area contributed by atoms with Gasteiger partial charge in [0.15, 0.2) is 0 Å². The summed E-state index contributed by atoms with van der Waals surface area (Å²) in [5, 5.41) is 8.50. The summed E-state index contributed by atoms with van der Waals surface area (Å²) >= 11 is 0. The van der Waals surface area contributed by atoms with Crippen LogP contribution in [0.5, 0.6) is 0 Å². The van der Waals surface area contributed by atoms with Gasteiger partial charge in [-0.05, 0) is 55.5 Å². The van der Waals surface area contributed by atoms with Crippen molar-refractivity contribution in [1.82, 2.24) is 24.5 Å². The van der Waals surface area contributed by atoms with E-state index in [0.29, 0.717) is 35.7 Å². The first-order chi connectivity index (χ1) is 18.4. The van der Waals surface area contributed by atoms with Gasteiger partial charge in [-0.2, -0.15) is 14.4 Å². The van der Waals surface area contributed by atoms with E-state index in [1.165, 1.54) is 12.8 Å². The zero-order valence-corrected chi connectivity index (χ0v) is 22.2. The Kier molecular flexibility index (Phi) is 5.45. The zero-order valence-electron chi connectivity index (χ0n) is 21.3. The molecule has 9 nitrogen and oxygen atoms in total. The van der Waals surface area contributed by atoms with Crippen LogP contribution in [0.25, 0.3) is 22.2 Å². The van der Waals surface area contributed by atoms with E-state index in [1.54, 1.807) is 16.4 Å². The van der Waals surface area contributed by atoms with Crippen LogP contribution >= 0.6 is 0 Å². The molecule has 0 radical (unpaired) electrons. The Bertz CT molecular complexity index is 1630. The van der Waals surface area contributed by atoms with Crippen molar-refractivity contribution in [2.45, 2.75) is 61.9 Å². The lowest BCUT2D eigenvalue weighted by Crippen LogP contribution is -2.49. The molecule has 3 fully saturated rings. The molecule has 2 bridgehead atoms. The molecule has 10 heteroatoms. The maximum absolute atomic E-state index is 13.4. The van der Waals surface area contributed by atoms with Gasteiger partial charge in [-0.3, -0.25) is 5.10 Å². The Morgan fingerprint density at radius 2 is 1.87 bits per heavy atom. The number of aromatic amines is 1. The molecule has 1 aliphatic carbocycles. The van der Waals surface area contributed by atoms with Gasteiger partial charge in [0.05, 0.1) is 21.5 Å². The van der Waals surface area contributed by atoms with Crippen LogP contribution in [0, 0.1) is 0 Å². The molecule has 7 rings (SSSR count). The van der Waals surface area contributed by atoms with Gasteiger partial charge in [-0.1, -0.05) is 37.6 Å². The molecule has 2 aromatic heterocycles. The molecule has 4 heterocycles. The smallest absolute Gasteiger partial charge is 0.243 e. The van der Waals surface area contributed by atoms with Crippen LogP contribution in [0.4, 0.5) is 11.8 Å². The summed E-state index contributed by atoms with van der Waals surface area (Å²) in [5.41, 5.74) is 11.4. The summed E-state index contributed by atoms with van der Waals surface area (Å²) in [4.78, 5) is 12.1. The molecule has 2 aromatic carbocycles. The van der Waals surface area contributed by atoms with Crippen molar-refractivity contribution in [3.63, 3.8) is 0 Å². The van der Waals surface area contributed by atoms with Crippen molar-refractivity contribution in [1.29, 1.82) is 0 Å². The van der Waals surface area contributed by atoms with E-state index in [2.05, 4.69) is 28.1 Å². The molecule has 1 saturated carbocycles. The average Bonchev–Trinajstić information content (AvgIpc) is 3.32. The number of H-pyrrole nitrogens is 1. The maximum Gasteiger partial charge on any atom is 0.243 e. The Morgan fingerprint density at radius 3 is 2.58 bits per heavy atom. The standard InChI is InChI=1S/C28H31N7O2S/c1-2-4-17-7-11-21(12-8-17)38(36,37)35-16-19-13-20(35)15-34(19)28-30-23-6-3-5-22(26(23)27(29)31-28)25-14-24(32-33-25)18-9-10-18/h3,5-8,11-12,14,18-20H,2,4,9-10,13,15-16H2,1H3,(H,32,33)(H2,29,30,31). The highest BCUT2D eigenvalue weighted by Gasteiger charge is 2.49. The Balaban J connectivity index is 1.14. The number of fused-ring (bicyclic) bond motifs is 3. The number of nitrogens with two attached hydrogens (primary N) is 1. The van der Waals surface area contributed by atoms with Crippen LogP contribution in [-0.4, -0.2) is 58.1 Å². The molecule has 3 N–H and O–H groups in total. The molecule has 2 saturated heterocycles. The number of hydrogen-bond acceptors (Lipinski definition) is 7. The zero-order chi connectivity index (χ0) is 26.0. The second-order valence-corrected chi connectivity index (χ2v) is 12.6. The van der Waals surface area contributed by atoms with E-state index < -0.39 is 10.0 Å². The van der Waals surface area contributed by atoms with E-state index in [9.17, 15) is 8.42 Å². The van der Waals surface area contributed by atoms with E-state index in [-0.39, 0.29) is 12.1 Å². The normalized spacial score (nSPS) is 21.6. The van der Waals surface area contributed by atoms with Crippen LogP contribution in [0.15, 0.2) is 53.4 Å². The number of anilines is 2. The lowest BCUT2D eigenvalue weighted by atomic mass is 10.1. The van der Waals surface area contributed by atoms with Gasteiger partial charge in [0.2, 0.25) is 16.0 Å². The number of nitrogens with zero attached hydrogens (tertiary/aromatic N) is 5. The fourth-order valence-electron chi connectivity index (χ4n) is 6.04. The van der Waals surface area contributed by atoms with E-state index >= 15 is 0 Å². The summed E-state index contributed by atoms with van der Waals surface area (Å²) in [7, 11) is -3.55. The second kappa shape index (κ2) is 8.78. The molecule has 3 aliphatic rings. The fourth-order valence-corrected chi connectivity index (χ4v) is 7.71. The Morgan fingerprint density at radius 1 is 1.05 bits per heavy atom. The van der Waals surface area contributed by atoms with Crippen LogP contribution in [0.1, 0.15) is 49.8 Å². The molecule has 2 atom stereocenters. The number of aromatic nitrogens is 4. The molecular weight excluding hydrogens is 498 g/mol. The predicted molar refractivity (Wildman–Crippen MR) is 147 cm³/mol. The van der Waals surface area contributed by atoms with Gasteiger partial charge >= 0.3 is 0 Å². The maximum atomic E-state index is 13.4. The number of nitrogens with one attached hydrogen (secondary N) is 1. The molecule has 0 spiro atoms. The van der Waals surface area contributed by atoms with Gasteiger partial charge in [0, 0.05) is 42.3 Å². The van der Waals surface area contributed by atoms with Crippen molar-refractivity contribution < 1.29 is 8.42 Å². The first-order valence-electron chi connectivity index (χ1n) is 13.4. The van der Waals surface area contributed by atoms with Crippen molar-refractivity contribution in [2.24, 2.45) is 0 Å². The van der Waals surface area contributed by atoms with Crippen molar-refractivity contribution in [3.05, 3.63) is 59.8 Å². The van der Waals surface area contributed by atoms with Crippen LogP contribution in [-0.2, 0) is 16.4 Å². The third-order valence-corrected chi connectivity index (χ3v) is 10.1.